The summed E-state index contributed by atoms with van der Waals surface area (Å²) in [5.41, 5.74) is 0.734. The van der Waals surface area contributed by atoms with Crippen molar-refractivity contribution in [1.82, 2.24) is 5.32 Å². The molecule has 18 heavy (non-hydrogen) atoms. The van der Waals surface area contributed by atoms with E-state index in [2.05, 4.69) is 26.1 Å². The van der Waals surface area contributed by atoms with Crippen molar-refractivity contribution in [2.75, 3.05) is 13.7 Å². The lowest BCUT2D eigenvalue weighted by molar-refractivity contribution is 0.373. The Morgan fingerprint density at radius 1 is 1.33 bits per heavy atom. The van der Waals surface area contributed by atoms with Gasteiger partial charge in [-0.2, -0.15) is 0 Å². The molecular formula is C15H24FNO. The van der Waals surface area contributed by atoms with Crippen molar-refractivity contribution >= 4 is 0 Å². The summed E-state index contributed by atoms with van der Waals surface area (Å²) in [6.07, 6.45) is 1.68. The molecular weight excluding hydrogens is 229 g/mol. The third-order valence-corrected chi connectivity index (χ3v) is 3.26. The zero-order chi connectivity index (χ0) is 13.5. The molecule has 0 aliphatic carbocycles. The molecule has 0 spiro atoms. The van der Waals surface area contributed by atoms with Crippen LogP contribution in [-0.2, 0) is 6.42 Å². The highest BCUT2D eigenvalue weighted by molar-refractivity contribution is 5.31. The Morgan fingerprint density at radius 3 is 2.61 bits per heavy atom. The molecule has 1 atom stereocenters. The molecule has 0 aliphatic rings. The monoisotopic (exact) mass is 253 g/mol. The van der Waals surface area contributed by atoms with Gasteiger partial charge in [-0.25, -0.2) is 4.39 Å². The molecule has 0 saturated carbocycles. The fourth-order valence-corrected chi connectivity index (χ4v) is 2.15. The van der Waals surface area contributed by atoms with E-state index in [1.807, 2.05) is 12.1 Å². The van der Waals surface area contributed by atoms with Crippen LogP contribution in [-0.4, -0.2) is 19.7 Å². The van der Waals surface area contributed by atoms with Gasteiger partial charge in [0.05, 0.1) is 7.11 Å². The number of methoxy groups -OCH3 is 1. The fraction of sp³-hybridized carbons (Fsp3) is 0.600. The summed E-state index contributed by atoms with van der Waals surface area (Å²) in [5.74, 6) is 0.662. The summed E-state index contributed by atoms with van der Waals surface area (Å²) in [6.45, 7) is 7.43. The topological polar surface area (TPSA) is 21.3 Å². The van der Waals surface area contributed by atoms with E-state index >= 15 is 0 Å². The van der Waals surface area contributed by atoms with E-state index in [0.29, 0.717) is 17.7 Å². The molecule has 2 nitrogen and oxygen atoms in total. The summed E-state index contributed by atoms with van der Waals surface area (Å²) in [6, 6.07) is 5.76. The predicted molar refractivity (Wildman–Crippen MR) is 73.6 cm³/mol. The van der Waals surface area contributed by atoms with Crippen molar-refractivity contribution in [2.45, 2.75) is 39.7 Å². The summed E-state index contributed by atoms with van der Waals surface area (Å²) in [7, 11) is 1.50. The Bertz CT molecular complexity index is 366. The molecule has 0 radical (unpaired) electrons. The van der Waals surface area contributed by atoms with Crippen LogP contribution in [0.25, 0.3) is 0 Å². The van der Waals surface area contributed by atoms with E-state index in [9.17, 15) is 4.39 Å². The number of halogens is 1. The van der Waals surface area contributed by atoms with E-state index in [4.69, 9.17) is 4.74 Å². The second-order valence-corrected chi connectivity index (χ2v) is 4.88. The molecule has 1 rings (SSSR count). The quantitative estimate of drug-likeness (QED) is 0.804. The Morgan fingerprint density at radius 2 is 2.06 bits per heavy atom. The molecule has 0 amide bonds. The number of hydrogen-bond acceptors (Lipinski definition) is 2. The molecule has 0 fully saturated rings. The van der Waals surface area contributed by atoms with Gasteiger partial charge in [-0.05, 0) is 36.9 Å². The fourth-order valence-electron chi connectivity index (χ4n) is 2.15. The standard InChI is InChI=1S/C15H24FNO/c1-5-17-13(11(2)3)10-9-12-7-6-8-14(18-4)15(12)16/h6-8,11,13,17H,5,9-10H2,1-4H3. The Balaban J connectivity index is 2.67. The van der Waals surface area contributed by atoms with E-state index < -0.39 is 0 Å². The maximum Gasteiger partial charge on any atom is 0.168 e. The highest BCUT2D eigenvalue weighted by Gasteiger charge is 2.14. The van der Waals surface area contributed by atoms with Crippen molar-refractivity contribution in [3.8, 4) is 5.75 Å². The van der Waals surface area contributed by atoms with E-state index in [0.717, 1.165) is 24.9 Å². The SMILES string of the molecule is CCNC(CCc1cccc(OC)c1F)C(C)C. The molecule has 0 bridgehead atoms. The number of aryl methyl sites for hydroxylation is 1. The largest absolute Gasteiger partial charge is 0.494 e. The first-order chi connectivity index (χ1) is 8.60. The average molecular weight is 253 g/mol. The predicted octanol–water partition coefficient (Wildman–Crippen LogP) is 3.40. The summed E-state index contributed by atoms with van der Waals surface area (Å²) in [5, 5.41) is 3.45. The van der Waals surface area contributed by atoms with E-state index in [1.54, 1.807) is 6.07 Å². The van der Waals surface area contributed by atoms with Crippen molar-refractivity contribution in [3.05, 3.63) is 29.6 Å². The van der Waals surface area contributed by atoms with Crippen LogP contribution in [0.4, 0.5) is 4.39 Å². The number of rotatable bonds is 7. The van der Waals surface area contributed by atoms with Crippen molar-refractivity contribution in [2.24, 2.45) is 5.92 Å². The normalized spacial score (nSPS) is 12.8. The smallest absolute Gasteiger partial charge is 0.168 e. The summed E-state index contributed by atoms with van der Waals surface area (Å²) < 4.78 is 19.0. The first-order valence-electron chi connectivity index (χ1n) is 6.64. The summed E-state index contributed by atoms with van der Waals surface area (Å²) in [4.78, 5) is 0. The second-order valence-electron chi connectivity index (χ2n) is 4.88. The molecule has 0 aromatic heterocycles. The van der Waals surface area contributed by atoms with Crippen molar-refractivity contribution in [1.29, 1.82) is 0 Å². The van der Waals surface area contributed by atoms with Crippen LogP contribution in [0.1, 0.15) is 32.8 Å². The lowest BCUT2D eigenvalue weighted by Crippen LogP contribution is -2.34. The van der Waals surface area contributed by atoms with Gasteiger partial charge in [-0.15, -0.1) is 0 Å². The maximum absolute atomic E-state index is 14.0. The average Bonchev–Trinajstić information content (AvgIpc) is 2.35. The molecule has 1 unspecified atom stereocenters. The second kappa shape index (κ2) is 7.37. The number of nitrogens with one attached hydrogen (secondary N) is 1. The third-order valence-electron chi connectivity index (χ3n) is 3.26. The third kappa shape index (κ3) is 3.98. The first kappa shape index (κ1) is 15.0. The van der Waals surface area contributed by atoms with Crippen LogP contribution in [0.15, 0.2) is 18.2 Å². The van der Waals surface area contributed by atoms with Gasteiger partial charge in [-0.3, -0.25) is 0 Å². The van der Waals surface area contributed by atoms with Crippen molar-refractivity contribution in [3.63, 3.8) is 0 Å². The molecule has 1 N–H and O–H groups in total. The van der Waals surface area contributed by atoms with Gasteiger partial charge in [0.25, 0.3) is 0 Å². The molecule has 1 aromatic rings. The minimum atomic E-state index is -0.223. The molecule has 102 valence electrons. The van der Waals surface area contributed by atoms with Gasteiger partial charge in [0.15, 0.2) is 11.6 Å². The highest BCUT2D eigenvalue weighted by atomic mass is 19.1. The number of ether oxygens (including phenoxy) is 1. The molecule has 0 aliphatic heterocycles. The highest BCUT2D eigenvalue weighted by Crippen LogP contribution is 2.22. The zero-order valence-corrected chi connectivity index (χ0v) is 11.8. The van der Waals surface area contributed by atoms with Crippen LogP contribution in [0.3, 0.4) is 0 Å². The Labute approximate surface area is 110 Å². The minimum absolute atomic E-state index is 0.223. The molecule has 0 saturated heterocycles. The van der Waals surface area contributed by atoms with E-state index in [-0.39, 0.29) is 5.82 Å². The molecule has 3 heteroatoms. The van der Waals surface area contributed by atoms with E-state index in [1.165, 1.54) is 7.11 Å². The van der Waals surface area contributed by atoms with Crippen LogP contribution in [0.2, 0.25) is 0 Å². The summed E-state index contributed by atoms with van der Waals surface area (Å²) >= 11 is 0. The van der Waals surface area contributed by atoms with Crippen LogP contribution in [0.5, 0.6) is 5.75 Å². The molecule has 0 heterocycles. The van der Waals surface area contributed by atoms with Crippen LogP contribution >= 0.6 is 0 Å². The van der Waals surface area contributed by atoms with Gasteiger partial charge in [0, 0.05) is 6.04 Å². The van der Waals surface area contributed by atoms with Crippen LogP contribution in [0, 0.1) is 11.7 Å². The number of benzene rings is 1. The van der Waals surface area contributed by atoms with Crippen molar-refractivity contribution < 1.29 is 9.13 Å². The van der Waals surface area contributed by atoms with Gasteiger partial charge >= 0.3 is 0 Å². The lowest BCUT2D eigenvalue weighted by atomic mass is 9.96. The van der Waals surface area contributed by atoms with Gasteiger partial charge in [-0.1, -0.05) is 32.9 Å². The lowest BCUT2D eigenvalue weighted by Gasteiger charge is -2.21. The maximum atomic E-state index is 14.0. The minimum Gasteiger partial charge on any atom is -0.494 e. The van der Waals surface area contributed by atoms with Gasteiger partial charge in [0.2, 0.25) is 0 Å². The first-order valence-corrected chi connectivity index (χ1v) is 6.64. The van der Waals surface area contributed by atoms with Gasteiger partial charge in [0.1, 0.15) is 0 Å². The molecule has 1 aromatic carbocycles. The Hall–Kier alpha value is -1.09. The zero-order valence-electron chi connectivity index (χ0n) is 11.8. The van der Waals surface area contributed by atoms with Gasteiger partial charge < -0.3 is 10.1 Å². The Kier molecular flexibility index (Phi) is 6.13. The van der Waals surface area contributed by atoms with Crippen LogP contribution < -0.4 is 10.1 Å². The number of hydrogen-bond donors (Lipinski definition) is 1.